The zero-order valence-electron chi connectivity index (χ0n) is 19.4. The van der Waals surface area contributed by atoms with Gasteiger partial charge in [-0.2, -0.15) is 4.98 Å². The Morgan fingerprint density at radius 2 is 1.88 bits per heavy atom. The average molecular weight is 493 g/mol. The molecular formula is C23H29FN4O5S. The average Bonchev–Trinajstić information content (AvgIpc) is 3.20. The number of carbonyl (C=O) groups excluding carboxylic acids is 1. The monoisotopic (exact) mass is 492 g/mol. The molecule has 1 aromatic carbocycles. The number of ether oxygens (including phenoxy) is 1. The predicted molar refractivity (Wildman–Crippen MR) is 121 cm³/mol. The number of sulfone groups is 1. The molecule has 3 heterocycles. The van der Waals surface area contributed by atoms with Gasteiger partial charge in [-0.15, -0.1) is 0 Å². The minimum atomic E-state index is -3.46. The van der Waals surface area contributed by atoms with Crippen molar-refractivity contribution in [2.75, 3.05) is 37.3 Å². The summed E-state index contributed by atoms with van der Waals surface area (Å²) in [6.07, 6.45) is 4.91. The number of benzene rings is 1. The third kappa shape index (κ3) is 4.75. The fourth-order valence-electron chi connectivity index (χ4n) is 4.61. The van der Waals surface area contributed by atoms with E-state index in [1.165, 1.54) is 12.1 Å². The van der Waals surface area contributed by atoms with Gasteiger partial charge in [-0.25, -0.2) is 17.6 Å². The molecule has 0 spiro atoms. The summed E-state index contributed by atoms with van der Waals surface area (Å²) < 4.78 is 49.0. The maximum absolute atomic E-state index is 14.6. The van der Waals surface area contributed by atoms with E-state index in [-0.39, 0.29) is 28.4 Å². The van der Waals surface area contributed by atoms with E-state index in [9.17, 15) is 17.6 Å². The van der Waals surface area contributed by atoms with Gasteiger partial charge in [0.1, 0.15) is 11.4 Å². The lowest BCUT2D eigenvalue weighted by Crippen LogP contribution is -2.40. The first kappa shape index (κ1) is 23.1. The molecule has 184 valence electrons. The molecule has 0 unspecified atom stereocenters. The minimum Gasteiger partial charge on any atom is -0.443 e. The Labute approximate surface area is 198 Å². The third-order valence-electron chi connectivity index (χ3n) is 7.09. The van der Waals surface area contributed by atoms with Gasteiger partial charge in [0.2, 0.25) is 5.89 Å². The van der Waals surface area contributed by atoms with Crippen molar-refractivity contribution in [3.05, 3.63) is 35.7 Å². The van der Waals surface area contributed by atoms with E-state index < -0.39 is 15.7 Å². The molecule has 34 heavy (non-hydrogen) atoms. The highest BCUT2D eigenvalue weighted by atomic mass is 32.2. The van der Waals surface area contributed by atoms with Gasteiger partial charge in [-0.1, -0.05) is 5.16 Å². The summed E-state index contributed by atoms with van der Waals surface area (Å²) in [5.41, 5.74) is 0.0959. The number of piperidine rings is 1. The molecule has 0 radical (unpaired) electrons. The van der Waals surface area contributed by atoms with Crippen molar-refractivity contribution in [1.29, 1.82) is 0 Å². The normalized spacial score (nSPS) is 22.7. The second-order valence-electron chi connectivity index (χ2n) is 9.89. The summed E-state index contributed by atoms with van der Waals surface area (Å²) in [5.74, 6) is 0.727. The van der Waals surface area contributed by atoms with Gasteiger partial charge in [-0.05, 0) is 57.2 Å². The number of hydrogen-bond donors (Lipinski definition) is 0. The molecular weight excluding hydrogens is 463 g/mol. The maximum Gasteiger partial charge on any atom is 0.410 e. The summed E-state index contributed by atoms with van der Waals surface area (Å²) in [4.78, 5) is 20.5. The molecule has 1 aromatic heterocycles. The Morgan fingerprint density at radius 1 is 1.18 bits per heavy atom. The van der Waals surface area contributed by atoms with E-state index in [0.717, 1.165) is 44.4 Å². The van der Waals surface area contributed by atoms with Gasteiger partial charge < -0.3 is 19.1 Å². The highest BCUT2D eigenvalue weighted by molar-refractivity contribution is 7.90. The summed E-state index contributed by atoms with van der Waals surface area (Å²) in [6, 6.07) is 4.00. The molecule has 1 amide bonds. The Bertz CT molecular complexity index is 1190. The molecule has 0 N–H and O–H groups in total. The molecule has 0 bridgehead atoms. The number of carbonyl (C=O) groups is 1. The van der Waals surface area contributed by atoms with Crippen LogP contribution in [-0.4, -0.2) is 67.6 Å². The van der Waals surface area contributed by atoms with Crippen molar-refractivity contribution in [1.82, 2.24) is 15.0 Å². The maximum atomic E-state index is 14.6. The smallest absolute Gasteiger partial charge is 0.410 e. The number of likely N-dealkylation sites (tertiary alicyclic amines) is 1. The van der Waals surface area contributed by atoms with Crippen LogP contribution in [0.1, 0.15) is 62.6 Å². The van der Waals surface area contributed by atoms with Crippen LogP contribution in [0.3, 0.4) is 0 Å². The van der Waals surface area contributed by atoms with Crippen molar-refractivity contribution in [2.24, 2.45) is 0 Å². The lowest BCUT2D eigenvalue weighted by Gasteiger charge is -2.30. The van der Waals surface area contributed by atoms with Gasteiger partial charge in [0.15, 0.2) is 15.7 Å². The van der Waals surface area contributed by atoms with Crippen LogP contribution >= 0.6 is 0 Å². The van der Waals surface area contributed by atoms with Crippen molar-refractivity contribution in [3.8, 4) is 0 Å². The second kappa shape index (κ2) is 8.51. The van der Waals surface area contributed by atoms with Crippen LogP contribution in [0, 0.1) is 5.82 Å². The fraction of sp³-hybridized carbons (Fsp3) is 0.609. The van der Waals surface area contributed by atoms with E-state index in [0.29, 0.717) is 43.6 Å². The molecule has 5 rings (SSSR count). The van der Waals surface area contributed by atoms with Crippen molar-refractivity contribution >= 4 is 21.6 Å². The van der Waals surface area contributed by atoms with Gasteiger partial charge in [0.05, 0.1) is 16.5 Å². The first-order valence-electron chi connectivity index (χ1n) is 11.7. The van der Waals surface area contributed by atoms with Crippen molar-refractivity contribution in [2.45, 2.75) is 61.4 Å². The quantitative estimate of drug-likeness (QED) is 0.625. The van der Waals surface area contributed by atoms with Crippen LogP contribution in [0.5, 0.6) is 0 Å². The Balaban J connectivity index is 1.18. The summed E-state index contributed by atoms with van der Waals surface area (Å²) >= 11 is 0. The van der Waals surface area contributed by atoms with Gasteiger partial charge in [0.25, 0.3) is 0 Å². The van der Waals surface area contributed by atoms with Gasteiger partial charge >= 0.3 is 6.09 Å². The van der Waals surface area contributed by atoms with Crippen LogP contribution in [0.2, 0.25) is 0 Å². The highest BCUT2D eigenvalue weighted by Gasteiger charge is 2.43. The van der Waals surface area contributed by atoms with Crippen LogP contribution in [0.15, 0.2) is 27.6 Å². The number of rotatable bonds is 5. The molecule has 1 saturated carbocycles. The van der Waals surface area contributed by atoms with E-state index in [2.05, 4.69) is 10.1 Å². The molecule has 11 heteroatoms. The van der Waals surface area contributed by atoms with Crippen LogP contribution in [-0.2, 0) is 14.6 Å². The van der Waals surface area contributed by atoms with E-state index in [1.807, 2.05) is 11.8 Å². The lowest BCUT2D eigenvalue weighted by molar-refractivity contribution is 0.0518. The molecule has 1 aliphatic carbocycles. The zero-order chi connectivity index (χ0) is 24.1. The minimum absolute atomic E-state index is 0.0235. The fourth-order valence-corrected chi connectivity index (χ4v) is 5.24. The predicted octanol–water partition coefficient (Wildman–Crippen LogP) is 3.47. The standard InChI is InChI=1S/C23H29FN4O5S/c1-23(8-9-23)32-22(29)27-10-5-15(6-11-27)20-25-21(33-26-20)16-7-12-28(14-16)19-4-3-17(13-18(19)24)34(2,30)31/h3-4,13,15-16H,5-12,14H2,1-2H3/t16-/m0/s1. The number of aromatic nitrogens is 2. The Kier molecular flexibility index (Phi) is 5.78. The second-order valence-corrected chi connectivity index (χ2v) is 11.9. The molecule has 2 aliphatic heterocycles. The van der Waals surface area contributed by atoms with Crippen molar-refractivity contribution < 1.29 is 26.9 Å². The van der Waals surface area contributed by atoms with E-state index in [1.54, 1.807) is 4.90 Å². The number of nitrogens with zero attached hydrogens (tertiary/aromatic N) is 4. The topological polar surface area (TPSA) is 106 Å². The lowest BCUT2D eigenvalue weighted by atomic mass is 9.96. The molecule has 1 atom stereocenters. The van der Waals surface area contributed by atoms with Crippen LogP contribution in [0.4, 0.5) is 14.9 Å². The first-order valence-corrected chi connectivity index (χ1v) is 13.6. The summed E-state index contributed by atoms with van der Waals surface area (Å²) in [6.45, 7) is 4.28. The number of anilines is 1. The van der Waals surface area contributed by atoms with E-state index in [4.69, 9.17) is 9.26 Å². The number of halogens is 1. The number of hydrogen-bond acceptors (Lipinski definition) is 8. The first-order chi connectivity index (χ1) is 16.1. The van der Waals surface area contributed by atoms with Crippen LogP contribution in [0.25, 0.3) is 0 Å². The van der Waals surface area contributed by atoms with Crippen LogP contribution < -0.4 is 4.90 Å². The van der Waals surface area contributed by atoms with Gasteiger partial charge in [0, 0.05) is 38.4 Å². The molecule has 2 aromatic rings. The molecule has 2 saturated heterocycles. The SMILES string of the molecule is CC1(OC(=O)N2CCC(c3noc([C@H]4CCN(c5ccc(S(C)(=O)=O)cc5F)C4)n3)CC2)CC1. The van der Waals surface area contributed by atoms with E-state index >= 15 is 0 Å². The Hall–Kier alpha value is -2.69. The van der Waals surface area contributed by atoms with Gasteiger partial charge in [-0.3, -0.25) is 0 Å². The third-order valence-corrected chi connectivity index (χ3v) is 8.20. The molecule has 3 fully saturated rings. The number of amides is 1. The summed E-state index contributed by atoms with van der Waals surface area (Å²) in [5, 5.41) is 4.20. The summed E-state index contributed by atoms with van der Waals surface area (Å²) in [7, 11) is -3.46. The largest absolute Gasteiger partial charge is 0.443 e. The molecule has 3 aliphatic rings. The highest BCUT2D eigenvalue weighted by Crippen LogP contribution is 2.40. The molecule has 9 nitrogen and oxygen atoms in total. The van der Waals surface area contributed by atoms with Crippen molar-refractivity contribution in [3.63, 3.8) is 0 Å². The Morgan fingerprint density at radius 3 is 2.53 bits per heavy atom. The zero-order valence-corrected chi connectivity index (χ0v) is 20.2.